The molecule has 128 valence electrons. The second kappa shape index (κ2) is 7.39. The smallest absolute Gasteiger partial charge is 0.266 e. The lowest BCUT2D eigenvalue weighted by Crippen LogP contribution is -2.39. The number of hydrogen-bond acceptors (Lipinski definition) is 7. The van der Waals surface area contributed by atoms with Gasteiger partial charge in [0.1, 0.15) is 12.1 Å². The zero-order valence-electron chi connectivity index (χ0n) is 14.0. The van der Waals surface area contributed by atoms with Gasteiger partial charge in [0, 0.05) is 44.9 Å². The molecule has 0 aliphatic carbocycles. The van der Waals surface area contributed by atoms with Crippen LogP contribution in [0.25, 0.3) is 0 Å². The highest BCUT2D eigenvalue weighted by atomic mass is 16.5. The number of ether oxygens (including phenoxy) is 1. The number of aromatic nitrogens is 4. The fourth-order valence-electron chi connectivity index (χ4n) is 2.83. The van der Waals surface area contributed by atoms with Gasteiger partial charge in [-0.1, -0.05) is 0 Å². The van der Waals surface area contributed by atoms with Gasteiger partial charge in [0.25, 0.3) is 5.56 Å². The molecule has 3 rings (SSSR count). The SMILES string of the molecule is COc1cc(NC2CCN(Cc3cnn(C)c(=O)c3)CC2)ncn1. The van der Waals surface area contributed by atoms with Crippen molar-refractivity contribution in [3.63, 3.8) is 0 Å². The molecule has 1 aliphatic rings. The zero-order chi connectivity index (χ0) is 16.9. The first-order valence-corrected chi connectivity index (χ1v) is 8.01. The van der Waals surface area contributed by atoms with Crippen LogP contribution in [0.1, 0.15) is 18.4 Å². The molecule has 0 aromatic carbocycles. The van der Waals surface area contributed by atoms with E-state index in [1.165, 1.54) is 11.0 Å². The lowest BCUT2D eigenvalue weighted by atomic mass is 10.0. The van der Waals surface area contributed by atoms with Crippen LogP contribution in [0.3, 0.4) is 0 Å². The number of rotatable bonds is 5. The highest BCUT2D eigenvalue weighted by molar-refractivity contribution is 5.38. The molecule has 0 saturated carbocycles. The van der Waals surface area contributed by atoms with Gasteiger partial charge in [0.05, 0.1) is 13.3 Å². The molecule has 8 nitrogen and oxygen atoms in total. The summed E-state index contributed by atoms with van der Waals surface area (Å²) >= 11 is 0. The van der Waals surface area contributed by atoms with Crippen molar-refractivity contribution in [2.24, 2.45) is 7.05 Å². The number of aryl methyl sites for hydroxylation is 1. The van der Waals surface area contributed by atoms with Crippen molar-refractivity contribution in [1.82, 2.24) is 24.6 Å². The van der Waals surface area contributed by atoms with E-state index in [1.54, 1.807) is 32.5 Å². The summed E-state index contributed by atoms with van der Waals surface area (Å²) < 4.78 is 6.46. The average Bonchev–Trinajstić information content (AvgIpc) is 2.60. The van der Waals surface area contributed by atoms with Crippen molar-refractivity contribution in [3.05, 3.63) is 40.6 Å². The summed E-state index contributed by atoms with van der Waals surface area (Å²) in [6.07, 6.45) is 5.30. The Morgan fingerprint density at radius 3 is 2.79 bits per heavy atom. The maximum Gasteiger partial charge on any atom is 0.266 e. The second-order valence-corrected chi connectivity index (χ2v) is 5.97. The van der Waals surface area contributed by atoms with E-state index in [0.717, 1.165) is 43.9 Å². The lowest BCUT2D eigenvalue weighted by molar-refractivity contribution is 0.210. The number of piperidine rings is 1. The van der Waals surface area contributed by atoms with Crippen LogP contribution in [0.15, 0.2) is 29.5 Å². The fourth-order valence-corrected chi connectivity index (χ4v) is 2.83. The van der Waals surface area contributed by atoms with Crippen LogP contribution in [0.5, 0.6) is 5.88 Å². The van der Waals surface area contributed by atoms with Gasteiger partial charge in [-0.25, -0.2) is 14.6 Å². The quantitative estimate of drug-likeness (QED) is 0.862. The summed E-state index contributed by atoms with van der Waals surface area (Å²) in [5.74, 6) is 1.35. The van der Waals surface area contributed by atoms with Crippen molar-refractivity contribution < 1.29 is 4.74 Å². The Bertz CT molecular complexity index is 739. The molecule has 1 saturated heterocycles. The van der Waals surface area contributed by atoms with E-state index in [9.17, 15) is 4.79 Å². The maximum absolute atomic E-state index is 11.6. The molecule has 1 N–H and O–H groups in total. The normalized spacial score (nSPS) is 16.1. The first-order chi connectivity index (χ1) is 11.6. The van der Waals surface area contributed by atoms with E-state index >= 15 is 0 Å². The molecule has 8 heteroatoms. The Morgan fingerprint density at radius 1 is 1.29 bits per heavy atom. The Kier molecular flexibility index (Phi) is 5.05. The van der Waals surface area contributed by atoms with Crippen molar-refractivity contribution in [2.45, 2.75) is 25.4 Å². The van der Waals surface area contributed by atoms with Gasteiger partial charge in [0.2, 0.25) is 5.88 Å². The third-order valence-corrected chi connectivity index (χ3v) is 4.22. The molecule has 1 fully saturated rings. The first-order valence-electron chi connectivity index (χ1n) is 8.01. The van der Waals surface area contributed by atoms with Gasteiger partial charge in [-0.3, -0.25) is 9.69 Å². The Balaban J connectivity index is 1.51. The molecule has 2 aromatic heterocycles. The standard InChI is InChI=1S/C16H22N6O2/c1-21-16(23)7-12(9-19-21)10-22-5-3-13(4-6-22)20-14-8-15(24-2)18-11-17-14/h7-9,11,13H,3-6,10H2,1-2H3,(H,17,18,20). The second-order valence-electron chi connectivity index (χ2n) is 5.97. The molecule has 24 heavy (non-hydrogen) atoms. The highest BCUT2D eigenvalue weighted by Gasteiger charge is 2.20. The van der Waals surface area contributed by atoms with Gasteiger partial charge in [0.15, 0.2) is 0 Å². The fraction of sp³-hybridized carbons (Fsp3) is 0.500. The maximum atomic E-state index is 11.6. The van der Waals surface area contributed by atoms with Crippen LogP contribution in [0, 0.1) is 0 Å². The van der Waals surface area contributed by atoms with Crippen LogP contribution >= 0.6 is 0 Å². The summed E-state index contributed by atoms with van der Waals surface area (Å²) in [6, 6.07) is 3.84. The van der Waals surface area contributed by atoms with E-state index in [0.29, 0.717) is 11.9 Å². The predicted molar refractivity (Wildman–Crippen MR) is 90.0 cm³/mol. The summed E-state index contributed by atoms with van der Waals surface area (Å²) in [4.78, 5) is 22.2. The summed E-state index contributed by atoms with van der Waals surface area (Å²) in [6.45, 7) is 2.70. The average molecular weight is 330 g/mol. The van der Waals surface area contributed by atoms with E-state index < -0.39 is 0 Å². The lowest BCUT2D eigenvalue weighted by Gasteiger charge is -2.32. The van der Waals surface area contributed by atoms with Gasteiger partial charge < -0.3 is 10.1 Å². The minimum Gasteiger partial charge on any atom is -0.481 e. The van der Waals surface area contributed by atoms with Gasteiger partial charge in [-0.05, 0) is 18.4 Å². The minimum atomic E-state index is -0.0678. The molecule has 0 atom stereocenters. The predicted octanol–water partition coefficient (Wildman–Crippen LogP) is 0.655. The van der Waals surface area contributed by atoms with Crippen molar-refractivity contribution in [2.75, 3.05) is 25.5 Å². The van der Waals surface area contributed by atoms with Crippen molar-refractivity contribution >= 4 is 5.82 Å². The van der Waals surface area contributed by atoms with Crippen LogP contribution in [-0.2, 0) is 13.6 Å². The summed E-state index contributed by atoms with van der Waals surface area (Å²) in [7, 11) is 3.25. The highest BCUT2D eigenvalue weighted by Crippen LogP contribution is 2.18. The molecule has 1 aliphatic heterocycles. The Labute approximate surface area is 140 Å². The van der Waals surface area contributed by atoms with E-state index in [4.69, 9.17) is 4.74 Å². The molecular formula is C16H22N6O2. The molecule has 0 spiro atoms. The van der Waals surface area contributed by atoms with Crippen LogP contribution < -0.4 is 15.6 Å². The van der Waals surface area contributed by atoms with Gasteiger partial charge in [-0.15, -0.1) is 0 Å². The topological polar surface area (TPSA) is 85.2 Å². The number of methoxy groups -OCH3 is 1. The van der Waals surface area contributed by atoms with Gasteiger partial charge >= 0.3 is 0 Å². The van der Waals surface area contributed by atoms with Crippen LogP contribution in [0.2, 0.25) is 0 Å². The number of anilines is 1. The summed E-state index contributed by atoms with van der Waals surface area (Å²) in [5, 5.41) is 7.50. The van der Waals surface area contributed by atoms with E-state index in [1.807, 2.05) is 0 Å². The number of likely N-dealkylation sites (tertiary alicyclic amines) is 1. The number of nitrogens with one attached hydrogen (secondary N) is 1. The molecular weight excluding hydrogens is 308 g/mol. The van der Waals surface area contributed by atoms with Gasteiger partial charge in [-0.2, -0.15) is 5.10 Å². The first kappa shape index (κ1) is 16.4. The van der Waals surface area contributed by atoms with E-state index in [2.05, 4.69) is 25.3 Å². The molecule has 2 aromatic rings. The number of nitrogens with zero attached hydrogens (tertiary/aromatic N) is 5. The van der Waals surface area contributed by atoms with Crippen LogP contribution in [-0.4, -0.2) is 50.9 Å². The van der Waals surface area contributed by atoms with E-state index in [-0.39, 0.29) is 5.56 Å². The molecule has 0 unspecified atom stereocenters. The summed E-state index contributed by atoms with van der Waals surface area (Å²) in [5.41, 5.74) is 0.895. The van der Waals surface area contributed by atoms with Crippen LogP contribution in [0.4, 0.5) is 5.82 Å². The molecule has 0 amide bonds. The Hall–Kier alpha value is -2.48. The monoisotopic (exact) mass is 330 g/mol. The molecule has 0 radical (unpaired) electrons. The third kappa shape index (κ3) is 4.08. The number of hydrogen-bond donors (Lipinski definition) is 1. The third-order valence-electron chi connectivity index (χ3n) is 4.22. The van der Waals surface area contributed by atoms with Crippen molar-refractivity contribution in [3.8, 4) is 5.88 Å². The molecule has 0 bridgehead atoms. The van der Waals surface area contributed by atoms with Crippen molar-refractivity contribution in [1.29, 1.82) is 0 Å². The zero-order valence-corrected chi connectivity index (χ0v) is 14.0. The largest absolute Gasteiger partial charge is 0.481 e. The minimum absolute atomic E-state index is 0.0678. The molecule has 3 heterocycles. The Morgan fingerprint density at radius 2 is 2.08 bits per heavy atom.